The molecule has 0 N–H and O–H groups in total. The summed E-state index contributed by atoms with van der Waals surface area (Å²) in [6.07, 6.45) is 2.06. The molecule has 3 heteroatoms. The molecule has 0 radical (unpaired) electrons. The van der Waals surface area contributed by atoms with Crippen LogP contribution in [0.3, 0.4) is 0 Å². The summed E-state index contributed by atoms with van der Waals surface area (Å²) in [4.78, 5) is 0. The summed E-state index contributed by atoms with van der Waals surface area (Å²) in [6, 6.07) is 16.4. The van der Waals surface area contributed by atoms with Crippen molar-refractivity contribution in [1.29, 1.82) is 0 Å². The summed E-state index contributed by atoms with van der Waals surface area (Å²) < 4.78 is 0. The number of hydrogen-bond acceptors (Lipinski definition) is 0. The zero-order valence-electron chi connectivity index (χ0n) is 10.5. The van der Waals surface area contributed by atoms with E-state index in [1.807, 2.05) is 18.2 Å². The second-order valence-corrected chi connectivity index (χ2v) is 6.12. The van der Waals surface area contributed by atoms with Gasteiger partial charge in [0.05, 0.1) is 10.0 Å². The Morgan fingerprint density at radius 3 is 2.16 bits per heavy atom. The fourth-order valence-electron chi connectivity index (χ4n) is 2.13. The number of alkyl halides is 1. The Labute approximate surface area is 132 Å². The van der Waals surface area contributed by atoms with Crippen LogP contribution in [0.5, 0.6) is 0 Å². The molecular weight excluding hydrogens is 343 g/mol. The Kier molecular flexibility index (Phi) is 5.75. The van der Waals surface area contributed by atoms with Gasteiger partial charge in [0.15, 0.2) is 0 Å². The fraction of sp³-hybridized carbons (Fsp3) is 0.250. The van der Waals surface area contributed by atoms with E-state index in [0.29, 0.717) is 16.0 Å². The minimum absolute atomic E-state index is 0.555. The lowest BCUT2D eigenvalue weighted by Crippen LogP contribution is -2.09. The zero-order valence-corrected chi connectivity index (χ0v) is 13.5. The summed E-state index contributed by atoms with van der Waals surface area (Å²) in [5, 5.41) is 2.22. The van der Waals surface area contributed by atoms with Crippen LogP contribution in [0.25, 0.3) is 0 Å². The van der Waals surface area contributed by atoms with Crippen LogP contribution in [0.15, 0.2) is 48.5 Å². The molecule has 0 spiro atoms. The molecule has 0 saturated carbocycles. The van der Waals surface area contributed by atoms with Gasteiger partial charge in [-0.3, -0.25) is 0 Å². The van der Waals surface area contributed by atoms with Crippen molar-refractivity contribution in [1.82, 2.24) is 0 Å². The molecule has 2 aromatic rings. The fourth-order valence-corrected chi connectivity index (χ4v) is 2.91. The minimum atomic E-state index is 0.555. The molecule has 0 aliphatic carbocycles. The van der Waals surface area contributed by atoms with E-state index in [0.717, 1.165) is 18.2 Å². The molecular formula is C16H15BrCl2. The smallest absolute Gasteiger partial charge is 0.0595 e. The summed E-state index contributed by atoms with van der Waals surface area (Å²) in [5.41, 5.74) is 2.60. The minimum Gasteiger partial charge on any atom is -0.0925 e. The number of halogens is 3. The molecule has 1 unspecified atom stereocenters. The van der Waals surface area contributed by atoms with Gasteiger partial charge in [0, 0.05) is 5.33 Å². The molecule has 2 aromatic carbocycles. The van der Waals surface area contributed by atoms with Crippen LogP contribution >= 0.6 is 39.1 Å². The first kappa shape index (κ1) is 14.9. The molecule has 100 valence electrons. The van der Waals surface area contributed by atoms with E-state index in [4.69, 9.17) is 23.2 Å². The van der Waals surface area contributed by atoms with Gasteiger partial charge in [-0.1, -0.05) is 75.5 Å². The van der Waals surface area contributed by atoms with Crippen molar-refractivity contribution in [3.05, 3.63) is 69.7 Å². The topological polar surface area (TPSA) is 0 Å². The van der Waals surface area contributed by atoms with Gasteiger partial charge in [-0.2, -0.15) is 0 Å². The SMILES string of the molecule is Clc1ccc(CC(CBr)Cc2ccccc2)cc1Cl. The lowest BCUT2D eigenvalue weighted by Gasteiger charge is -2.14. The van der Waals surface area contributed by atoms with Gasteiger partial charge < -0.3 is 0 Å². The number of benzene rings is 2. The number of rotatable bonds is 5. The van der Waals surface area contributed by atoms with E-state index >= 15 is 0 Å². The highest BCUT2D eigenvalue weighted by molar-refractivity contribution is 9.09. The highest BCUT2D eigenvalue weighted by atomic mass is 79.9. The van der Waals surface area contributed by atoms with Crippen molar-refractivity contribution in [3.63, 3.8) is 0 Å². The first-order valence-electron chi connectivity index (χ1n) is 6.23. The van der Waals surface area contributed by atoms with E-state index in [-0.39, 0.29) is 0 Å². The van der Waals surface area contributed by atoms with Crippen molar-refractivity contribution in [3.8, 4) is 0 Å². The maximum absolute atomic E-state index is 6.06. The highest BCUT2D eigenvalue weighted by Gasteiger charge is 2.10. The van der Waals surface area contributed by atoms with Crippen molar-refractivity contribution in [2.24, 2.45) is 5.92 Å². The van der Waals surface area contributed by atoms with Gasteiger partial charge >= 0.3 is 0 Å². The second kappa shape index (κ2) is 7.33. The van der Waals surface area contributed by atoms with Crippen molar-refractivity contribution in [2.75, 3.05) is 5.33 Å². The molecule has 0 amide bonds. The Hall–Kier alpha value is -0.500. The van der Waals surface area contributed by atoms with Gasteiger partial charge in [0.1, 0.15) is 0 Å². The molecule has 1 atom stereocenters. The van der Waals surface area contributed by atoms with E-state index in [1.165, 1.54) is 11.1 Å². The zero-order chi connectivity index (χ0) is 13.7. The largest absolute Gasteiger partial charge is 0.0925 e. The summed E-state index contributed by atoms with van der Waals surface area (Å²) in [6.45, 7) is 0. The van der Waals surface area contributed by atoms with Crippen molar-refractivity contribution >= 4 is 39.1 Å². The van der Waals surface area contributed by atoms with Crippen LogP contribution in [0.4, 0.5) is 0 Å². The van der Waals surface area contributed by atoms with Crippen LogP contribution in [0.1, 0.15) is 11.1 Å². The molecule has 0 aliphatic rings. The third-order valence-corrected chi connectivity index (χ3v) is 4.75. The van der Waals surface area contributed by atoms with Crippen LogP contribution in [-0.4, -0.2) is 5.33 Å². The lowest BCUT2D eigenvalue weighted by atomic mass is 9.94. The average Bonchev–Trinajstić information content (AvgIpc) is 2.43. The van der Waals surface area contributed by atoms with E-state index in [2.05, 4.69) is 46.3 Å². The second-order valence-electron chi connectivity index (χ2n) is 4.66. The first-order valence-corrected chi connectivity index (χ1v) is 8.10. The molecule has 0 aromatic heterocycles. The normalized spacial score (nSPS) is 12.4. The van der Waals surface area contributed by atoms with Crippen LogP contribution in [0.2, 0.25) is 10.0 Å². The third-order valence-electron chi connectivity index (χ3n) is 3.09. The molecule has 0 nitrogen and oxygen atoms in total. The number of hydrogen-bond donors (Lipinski definition) is 0. The highest BCUT2D eigenvalue weighted by Crippen LogP contribution is 2.25. The molecule has 19 heavy (non-hydrogen) atoms. The lowest BCUT2D eigenvalue weighted by molar-refractivity contribution is 0.591. The molecule has 2 rings (SSSR count). The van der Waals surface area contributed by atoms with Crippen molar-refractivity contribution < 1.29 is 0 Å². The van der Waals surface area contributed by atoms with Crippen LogP contribution in [-0.2, 0) is 12.8 Å². The molecule has 0 fully saturated rings. The summed E-state index contributed by atoms with van der Waals surface area (Å²) in [5.74, 6) is 0.555. The Morgan fingerprint density at radius 2 is 1.53 bits per heavy atom. The van der Waals surface area contributed by atoms with E-state index < -0.39 is 0 Å². The van der Waals surface area contributed by atoms with Crippen molar-refractivity contribution in [2.45, 2.75) is 12.8 Å². The molecule has 0 aliphatic heterocycles. The first-order chi connectivity index (χ1) is 9.19. The van der Waals surface area contributed by atoms with Gasteiger partial charge in [0.25, 0.3) is 0 Å². The van der Waals surface area contributed by atoms with Gasteiger partial charge in [-0.25, -0.2) is 0 Å². The van der Waals surface area contributed by atoms with Gasteiger partial charge in [-0.15, -0.1) is 0 Å². The predicted octanol–water partition coefficient (Wildman–Crippen LogP) is 5.79. The third kappa shape index (κ3) is 4.52. The standard InChI is InChI=1S/C16H15BrCl2/c17-11-14(8-12-4-2-1-3-5-12)9-13-6-7-15(18)16(19)10-13/h1-7,10,14H,8-9,11H2. The van der Waals surface area contributed by atoms with Gasteiger partial charge in [-0.05, 0) is 42.0 Å². The summed E-state index contributed by atoms with van der Waals surface area (Å²) in [7, 11) is 0. The quantitative estimate of drug-likeness (QED) is 0.594. The Morgan fingerprint density at radius 1 is 0.842 bits per heavy atom. The van der Waals surface area contributed by atoms with Gasteiger partial charge in [0.2, 0.25) is 0 Å². The monoisotopic (exact) mass is 356 g/mol. The van der Waals surface area contributed by atoms with E-state index in [9.17, 15) is 0 Å². The average molecular weight is 358 g/mol. The maximum Gasteiger partial charge on any atom is 0.0595 e. The van der Waals surface area contributed by atoms with Crippen LogP contribution < -0.4 is 0 Å². The van der Waals surface area contributed by atoms with Crippen LogP contribution in [0, 0.1) is 5.92 Å². The Bertz CT molecular complexity index is 526. The predicted molar refractivity (Wildman–Crippen MR) is 87.6 cm³/mol. The molecule has 0 bridgehead atoms. The molecule has 0 saturated heterocycles. The Balaban J connectivity index is 2.04. The molecule has 0 heterocycles. The van der Waals surface area contributed by atoms with E-state index in [1.54, 1.807) is 0 Å². The summed E-state index contributed by atoms with van der Waals surface area (Å²) >= 11 is 15.6. The maximum atomic E-state index is 6.06.